The second-order valence-corrected chi connectivity index (χ2v) is 5.92. The first-order chi connectivity index (χ1) is 9.20. The van der Waals surface area contributed by atoms with Crippen LogP contribution in [0.15, 0.2) is 24.3 Å². The second kappa shape index (κ2) is 6.42. The van der Waals surface area contributed by atoms with Crippen LogP contribution in [0.4, 0.5) is 0 Å². The molecule has 1 aliphatic carbocycles. The standard InChI is InChI=1S/C17H27NO/c1-3-17(12-4-5-13-17)16(18)11-8-14-6-9-15(19-2)10-7-14/h6-7,9-10,16H,3-5,8,11-13,18H2,1-2H3. The van der Waals surface area contributed by atoms with Crippen molar-refractivity contribution in [1.82, 2.24) is 0 Å². The van der Waals surface area contributed by atoms with E-state index in [2.05, 4.69) is 19.1 Å². The Morgan fingerprint density at radius 3 is 2.37 bits per heavy atom. The van der Waals surface area contributed by atoms with Crippen molar-refractivity contribution in [2.75, 3.05) is 7.11 Å². The Labute approximate surface area is 117 Å². The van der Waals surface area contributed by atoms with Crippen molar-refractivity contribution < 1.29 is 4.74 Å². The maximum atomic E-state index is 6.50. The second-order valence-electron chi connectivity index (χ2n) is 5.92. The highest BCUT2D eigenvalue weighted by molar-refractivity contribution is 5.27. The minimum Gasteiger partial charge on any atom is -0.497 e. The third-order valence-corrected chi connectivity index (χ3v) is 4.99. The van der Waals surface area contributed by atoms with E-state index >= 15 is 0 Å². The van der Waals surface area contributed by atoms with Gasteiger partial charge in [-0.2, -0.15) is 0 Å². The Hall–Kier alpha value is -1.02. The van der Waals surface area contributed by atoms with Gasteiger partial charge in [0.25, 0.3) is 0 Å². The average Bonchev–Trinajstić information content (AvgIpc) is 2.95. The Morgan fingerprint density at radius 2 is 1.84 bits per heavy atom. The lowest BCUT2D eigenvalue weighted by Gasteiger charge is -2.34. The number of nitrogens with two attached hydrogens (primary N) is 1. The molecule has 1 unspecified atom stereocenters. The average molecular weight is 261 g/mol. The van der Waals surface area contributed by atoms with Crippen LogP contribution in [0.25, 0.3) is 0 Å². The molecule has 0 aromatic heterocycles. The minimum atomic E-state index is 0.349. The van der Waals surface area contributed by atoms with Gasteiger partial charge >= 0.3 is 0 Å². The smallest absolute Gasteiger partial charge is 0.118 e. The van der Waals surface area contributed by atoms with Crippen molar-refractivity contribution in [3.8, 4) is 5.75 Å². The first kappa shape index (κ1) is 14.4. The number of methoxy groups -OCH3 is 1. The Bertz CT molecular complexity index is 379. The molecule has 0 heterocycles. The summed E-state index contributed by atoms with van der Waals surface area (Å²) in [5.74, 6) is 0.925. The highest BCUT2D eigenvalue weighted by Gasteiger charge is 2.37. The van der Waals surface area contributed by atoms with Gasteiger partial charge in [0.05, 0.1) is 7.11 Å². The van der Waals surface area contributed by atoms with Gasteiger partial charge in [0, 0.05) is 6.04 Å². The number of ether oxygens (including phenoxy) is 1. The summed E-state index contributed by atoms with van der Waals surface area (Å²) in [7, 11) is 1.70. The molecule has 2 nitrogen and oxygen atoms in total. The van der Waals surface area contributed by atoms with Crippen LogP contribution in [0.3, 0.4) is 0 Å². The molecule has 1 atom stereocenters. The molecule has 2 rings (SSSR count). The summed E-state index contributed by atoms with van der Waals surface area (Å²) < 4.78 is 5.18. The molecule has 1 fully saturated rings. The van der Waals surface area contributed by atoms with Crippen LogP contribution in [-0.2, 0) is 6.42 Å². The van der Waals surface area contributed by atoms with Crippen molar-refractivity contribution in [2.45, 2.75) is 57.9 Å². The molecule has 0 spiro atoms. The lowest BCUT2D eigenvalue weighted by molar-refractivity contribution is 0.211. The van der Waals surface area contributed by atoms with Gasteiger partial charge in [-0.05, 0) is 55.2 Å². The fourth-order valence-electron chi connectivity index (χ4n) is 3.49. The molecule has 0 radical (unpaired) electrons. The van der Waals surface area contributed by atoms with Gasteiger partial charge in [-0.15, -0.1) is 0 Å². The fourth-order valence-corrected chi connectivity index (χ4v) is 3.49. The fraction of sp³-hybridized carbons (Fsp3) is 0.647. The van der Waals surface area contributed by atoms with E-state index in [1.54, 1.807) is 7.11 Å². The summed E-state index contributed by atoms with van der Waals surface area (Å²) >= 11 is 0. The van der Waals surface area contributed by atoms with Crippen LogP contribution < -0.4 is 10.5 Å². The number of hydrogen-bond acceptors (Lipinski definition) is 2. The molecule has 2 N–H and O–H groups in total. The topological polar surface area (TPSA) is 35.2 Å². The SMILES string of the molecule is CCC1(C(N)CCc2ccc(OC)cc2)CCCC1. The molecule has 1 aromatic carbocycles. The van der Waals surface area contributed by atoms with Gasteiger partial charge in [-0.3, -0.25) is 0 Å². The van der Waals surface area contributed by atoms with Gasteiger partial charge in [0.15, 0.2) is 0 Å². The quantitative estimate of drug-likeness (QED) is 0.842. The van der Waals surface area contributed by atoms with E-state index in [0.29, 0.717) is 11.5 Å². The molecule has 0 bridgehead atoms. The number of aryl methyl sites for hydroxylation is 1. The summed E-state index contributed by atoms with van der Waals surface area (Å²) in [6, 6.07) is 8.72. The summed E-state index contributed by atoms with van der Waals surface area (Å²) in [4.78, 5) is 0. The zero-order valence-electron chi connectivity index (χ0n) is 12.3. The highest BCUT2D eigenvalue weighted by Crippen LogP contribution is 2.44. The van der Waals surface area contributed by atoms with Crippen molar-refractivity contribution in [3.63, 3.8) is 0 Å². The van der Waals surface area contributed by atoms with Crippen molar-refractivity contribution in [1.29, 1.82) is 0 Å². The Morgan fingerprint density at radius 1 is 1.21 bits per heavy atom. The van der Waals surface area contributed by atoms with Gasteiger partial charge in [-0.1, -0.05) is 31.9 Å². The van der Waals surface area contributed by atoms with E-state index < -0.39 is 0 Å². The van der Waals surface area contributed by atoms with Crippen molar-refractivity contribution in [3.05, 3.63) is 29.8 Å². The predicted octanol–water partition coefficient (Wildman–Crippen LogP) is 3.93. The van der Waals surface area contributed by atoms with E-state index in [4.69, 9.17) is 10.5 Å². The number of hydrogen-bond donors (Lipinski definition) is 1. The zero-order valence-corrected chi connectivity index (χ0v) is 12.3. The molecule has 1 saturated carbocycles. The Balaban J connectivity index is 1.90. The lowest BCUT2D eigenvalue weighted by Crippen LogP contribution is -2.39. The van der Waals surface area contributed by atoms with Gasteiger partial charge < -0.3 is 10.5 Å². The Kier molecular flexibility index (Phi) is 4.87. The molecular formula is C17H27NO. The lowest BCUT2D eigenvalue weighted by atomic mass is 9.74. The zero-order chi connectivity index (χ0) is 13.7. The van der Waals surface area contributed by atoms with Gasteiger partial charge in [-0.25, -0.2) is 0 Å². The van der Waals surface area contributed by atoms with Crippen LogP contribution in [0.5, 0.6) is 5.75 Å². The first-order valence-electron chi connectivity index (χ1n) is 7.59. The molecule has 1 aliphatic rings. The minimum absolute atomic E-state index is 0.349. The van der Waals surface area contributed by atoms with E-state index in [9.17, 15) is 0 Å². The molecule has 2 heteroatoms. The predicted molar refractivity (Wildman–Crippen MR) is 80.5 cm³/mol. The normalized spacial score (nSPS) is 19.3. The molecule has 0 aliphatic heterocycles. The van der Waals surface area contributed by atoms with E-state index in [0.717, 1.165) is 18.6 Å². The first-order valence-corrected chi connectivity index (χ1v) is 7.59. The highest BCUT2D eigenvalue weighted by atomic mass is 16.5. The molecule has 106 valence electrons. The van der Waals surface area contributed by atoms with Crippen LogP contribution >= 0.6 is 0 Å². The van der Waals surface area contributed by atoms with Crippen molar-refractivity contribution >= 4 is 0 Å². The molecule has 0 amide bonds. The summed E-state index contributed by atoms with van der Waals surface area (Å²) in [5, 5.41) is 0. The monoisotopic (exact) mass is 261 g/mol. The molecule has 0 saturated heterocycles. The summed E-state index contributed by atoms with van der Waals surface area (Å²) in [6.07, 6.45) is 8.79. The van der Waals surface area contributed by atoms with Crippen molar-refractivity contribution in [2.24, 2.45) is 11.1 Å². The van der Waals surface area contributed by atoms with Gasteiger partial charge in [0.2, 0.25) is 0 Å². The van der Waals surface area contributed by atoms with E-state index in [-0.39, 0.29) is 0 Å². The molecule has 1 aromatic rings. The maximum Gasteiger partial charge on any atom is 0.118 e. The number of rotatable bonds is 6. The third-order valence-electron chi connectivity index (χ3n) is 4.99. The van der Waals surface area contributed by atoms with Gasteiger partial charge in [0.1, 0.15) is 5.75 Å². The van der Waals surface area contributed by atoms with E-state index in [1.807, 2.05) is 12.1 Å². The van der Waals surface area contributed by atoms with E-state index in [1.165, 1.54) is 37.7 Å². The van der Waals surface area contributed by atoms with Crippen LogP contribution in [-0.4, -0.2) is 13.2 Å². The summed E-state index contributed by atoms with van der Waals surface area (Å²) in [6.45, 7) is 2.30. The third kappa shape index (κ3) is 3.30. The van der Waals surface area contributed by atoms with Crippen LogP contribution in [0.2, 0.25) is 0 Å². The largest absolute Gasteiger partial charge is 0.497 e. The molecule has 19 heavy (non-hydrogen) atoms. The molecular weight excluding hydrogens is 234 g/mol. The van der Waals surface area contributed by atoms with Crippen LogP contribution in [0.1, 0.15) is 51.0 Å². The maximum absolute atomic E-state index is 6.50. The van der Waals surface area contributed by atoms with Crippen LogP contribution in [0, 0.1) is 5.41 Å². The number of benzene rings is 1. The summed E-state index contributed by atoms with van der Waals surface area (Å²) in [5.41, 5.74) is 8.29.